The third kappa shape index (κ3) is 4.81. The molecule has 0 saturated heterocycles. The molecule has 1 atom stereocenters. The van der Waals surface area contributed by atoms with E-state index in [4.69, 9.17) is 10.5 Å². The van der Waals surface area contributed by atoms with E-state index in [9.17, 15) is 4.79 Å². The van der Waals surface area contributed by atoms with Crippen LogP contribution in [0.5, 0.6) is 0 Å². The standard InChI is InChI=1S/C15H24N2O2/c1-4-6-7-11(3)17-12-8-9-14(16)13(10-12)15(18)19-5-2/h8-11,17H,4-7,16H2,1-3H3. The number of hydrogen-bond acceptors (Lipinski definition) is 4. The summed E-state index contributed by atoms with van der Waals surface area (Å²) in [6.07, 6.45) is 3.48. The zero-order chi connectivity index (χ0) is 14.3. The van der Waals surface area contributed by atoms with Gasteiger partial charge in [0.25, 0.3) is 0 Å². The van der Waals surface area contributed by atoms with Gasteiger partial charge in [-0.2, -0.15) is 0 Å². The predicted molar refractivity (Wildman–Crippen MR) is 79.4 cm³/mol. The van der Waals surface area contributed by atoms with Crippen molar-refractivity contribution < 1.29 is 9.53 Å². The summed E-state index contributed by atoms with van der Waals surface area (Å²) in [7, 11) is 0. The zero-order valence-electron chi connectivity index (χ0n) is 12.0. The molecule has 0 amide bonds. The Balaban J connectivity index is 2.75. The van der Waals surface area contributed by atoms with E-state index in [0.717, 1.165) is 12.1 Å². The summed E-state index contributed by atoms with van der Waals surface area (Å²) in [6.45, 7) is 6.44. The molecule has 0 bridgehead atoms. The number of hydrogen-bond donors (Lipinski definition) is 2. The van der Waals surface area contributed by atoms with Gasteiger partial charge < -0.3 is 15.8 Å². The van der Waals surface area contributed by atoms with Crippen molar-refractivity contribution in [3.05, 3.63) is 23.8 Å². The number of esters is 1. The molecule has 106 valence electrons. The minimum Gasteiger partial charge on any atom is -0.462 e. The van der Waals surface area contributed by atoms with Crippen LogP contribution < -0.4 is 11.1 Å². The molecule has 0 saturated carbocycles. The van der Waals surface area contributed by atoms with Crippen LogP contribution in [0, 0.1) is 0 Å². The molecule has 19 heavy (non-hydrogen) atoms. The molecule has 1 aromatic rings. The lowest BCUT2D eigenvalue weighted by Gasteiger charge is -2.16. The number of nitrogen functional groups attached to an aromatic ring is 1. The molecule has 1 aromatic carbocycles. The summed E-state index contributed by atoms with van der Waals surface area (Å²) >= 11 is 0. The Morgan fingerprint density at radius 1 is 1.42 bits per heavy atom. The zero-order valence-corrected chi connectivity index (χ0v) is 12.0. The number of carbonyl (C=O) groups excluding carboxylic acids is 1. The van der Waals surface area contributed by atoms with Crippen LogP contribution in [0.3, 0.4) is 0 Å². The number of benzene rings is 1. The van der Waals surface area contributed by atoms with Crippen LogP contribution >= 0.6 is 0 Å². The molecule has 4 nitrogen and oxygen atoms in total. The average molecular weight is 264 g/mol. The van der Waals surface area contributed by atoms with Gasteiger partial charge in [0.2, 0.25) is 0 Å². The average Bonchev–Trinajstić information content (AvgIpc) is 2.39. The van der Waals surface area contributed by atoms with Gasteiger partial charge >= 0.3 is 5.97 Å². The molecule has 0 heterocycles. The number of unbranched alkanes of at least 4 members (excludes halogenated alkanes) is 1. The number of ether oxygens (including phenoxy) is 1. The van der Waals surface area contributed by atoms with E-state index >= 15 is 0 Å². The maximum Gasteiger partial charge on any atom is 0.340 e. The van der Waals surface area contributed by atoms with Crippen molar-refractivity contribution >= 4 is 17.3 Å². The predicted octanol–water partition coefficient (Wildman–Crippen LogP) is 3.44. The van der Waals surface area contributed by atoms with Crippen molar-refractivity contribution in [3.63, 3.8) is 0 Å². The van der Waals surface area contributed by atoms with Gasteiger partial charge in [-0.05, 0) is 38.5 Å². The summed E-state index contributed by atoms with van der Waals surface area (Å²) in [4.78, 5) is 11.7. The minimum absolute atomic E-state index is 0.350. The molecule has 3 N–H and O–H groups in total. The maximum absolute atomic E-state index is 11.7. The van der Waals surface area contributed by atoms with Gasteiger partial charge in [-0.25, -0.2) is 4.79 Å². The van der Waals surface area contributed by atoms with E-state index in [1.165, 1.54) is 12.8 Å². The number of anilines is 2. The fourth-order valence-electron chi connectivity index (χ4n) is 1.90. The van der Waals surface area contributed by atoms with Crippen molar-refractivity contribution in [1.29, 1.82) is 0 Å². The van der Waals surface area contributed by atoms with Crippen LogP contribution in [0.15, 0.2) is 18.2 Å². The van der Waals surface area contributed by atoms with Crippen LogP contribution in [0.2, 0.25) is 0 Å². The number of carbonyl (C=O) groups is 1. The highest BCUT2D eigenvalue weighted by Crippen LogP contribution is 2.20. The highest BCUT2D eigenvalue weighted by atomic mass is 16.5. The van der Waals surface area contributed by atoms with Crippen LogP contribution in [0.25, 0.3) is 0 Å². The Morgan fingerprint density at radius 2 is 2.16 bits per heavy atom. The summed E-state index contributed by atoms with van der Waals surface area (Å²) in [5.74, 6) is -0.370. The first-order valence-electron chi connectivity index (χ1n) is 6.91. The molecule has 0 spiro atoms. The Morgan fingerprint density at radius 3 is 2.79 bits per heavy atom. The van der Waals surface area contributed by atoms with Gasteiger partial charge in [0, 0.05) is 17.4 Å². The molecule has 4 heteroatoms. The summed E-state index contributed by atoms with van der Waals surface area (Å²) < 4.78 is 4.99. The van der Waals surface area contributed by atoms with Crippen molar-refractivity contribution in [2.45, 2.75) is 46.1 Å². The first kappa shape index (κ1) is 15.3. The molecular formula is C15H24N2O2. The second-order valence-corrected chi connectivity index (χ2v) is 4.71. The highest BCUT2D eigenvalue weighted by molar-refractivity contribution is 5.96. The molecule has 0 fully saturated rings. The largest absolute Gasteiger partial charge is 0.462 e. The van der Waals surface area contributed by atoms with Crippen molar-refractivity contribution in [3.8, 4) is 0 Å². The molecule has 0 radical (unpaired) electrons. The van der Waals surface area contributed by atoms with Gasteiger partial charge in [-0.1, -0.05) is 19.8 Å². The van der Waals surface area contributed by atoms with E-state index in [-0.39, 0.29) is 5.97 Å². The Hall–Kier alpha value is -1.71. The molecule has 0 aromatic heterocycles. The fraction of sp³-hybridized carbons (Fsp3) is 0.533. The highest BCUT2D eigenvalue weighted by Gasteiger charge is 2.12. The van der Waals surface area contributed by atoms with Gasteiger partial charge in [0.15, 0.2) is 0 Å². The summed E-state index contributed by atoms with van der Waals surface area (Å²) in [5.41, 5.74) is 7.58. The fourth-order valence-corrected chi connectivity index (χ4v) is 1.90. The molecule has 1 rings (SSSR count). The van der Waals surface area contributed by atoms with E-state index in [0.29, 0.717) is 23.9 Å². The molecule has 0 aliphatic rings. The van der Waals surface area contributed by atoms with E-state index < -0.39 is 0 Å². The lowest BCUT2D eigenvalue weighted by Crippen LogP contribution is -2.16. The van der Waals surface area contributed by atoms with Crippen molar-refractivity contribution in [1.82, 2.24) is 0 Å². The normalized spacial score (nSPS) is 11.9. The van der Waals surface area contributed by atoms with E-state index in [1.807, 2.05) is 6.07 Å². The Kier molecular flexibility index (Phi) is 6.19. The topological polar surface area (TPSA) is 64.3 Å². The van der Waals surface area contributed by atoms with E-state index in [2.05, 4.69) is 19.2 Å². The Labute approximate surface area is 115 Å². The van der Waals surface area contributed by atoms with Crippen molar-refractivity contribution in [2.75, 3.05) is 17.7 Å². The lowest BCUT2D eigenvalue weighted by atomic mass is 10.1. The van der Waals surface area contributed by atoms with Crippen LogP contribution in [0.1, 0.15) is 50.4 Å². The van der Waals surface area contributed by atoms with Gasteiger partial charge in [0.1, 0.15) is 0 Å². The summed E-state index contributed by atoms with van der Waals surface area (Å²) in [5, 5.41) is 3.38. The molecule has 1 unspecified atom stereocenters. The number of nitrogens with one attached hydrogen (secondary N) is 1. The quantitative estimate of drug-likeness (QED) is 0.585. The molecule has 0 aliphatic carbocycles. The van der Waals surface area contributed by atoms with Crippen LogP contribution in [-0.4, -0.2) is 18.6 Å². The van der Waals surface area contributed by atoms with Crippen molar-refractivity contribution in [2.24, 2.45) is 0 Å². The first-order valence-corrected chi connectivity index (χ1v) is 6.91. The van der Waals surface area contributed by atoms with Gasteiger partial charge in [-0.15, -0.1) is 0 Å². The minimum atomic E-state index is -0.370. The summed E-state index contributed by atoms with van der Waals surface area (Å²) in [6, 6.07) is 5.76. The molecule has 0 aliphatic heterocycles. The Bertz CT molecular complexity index is 419. The first-order chi connectivity index (χ1) is 9.08. The lowest BCUT2D eigenvalue weighted by molar-refractivity contribution is 0.0527. The maximum atomic E-state index is 11.7. The third-order valence-corrected chi connectivity index (χ3v) is 2.95. The number of rotatable bonds is 7. The van der Waals surface area contributed by atoms with Crippen LogP contribution in [-0.2, 0) is 4.74 Å². The van der Waals surface area contributed by atoms with E-state index in [1.54, 1.807) is 19.1 Å². The molecular weight excluding hydrogens is 240 g/mol. The SMILES string of the molecule is CCCCC(C)Nc1ccc(N)c(C(=O)OCC)c1. The van der Waals surface area contributed by atoms with Crippen LogP contribution in [0.4, 0.5) is 11.4 Å². The van der Waals surface area contributed by atoms with Gasteiger partial charge in [0.05, 0.1) is 12.2 Å². The monoisotopic (exact) mass is 264 g/mol. The third-order valence-electron chi connectivity index (χ3n) is 2.95. The van der Waals surface area contributed by atoms with Gasteiger partial charge in [-0.3, -0.25) is 0 Å². The second kappa shape index (κ2) is 7.67. The second-order valence-electron chi connectivity index (χ2n) is 4.71. The number of nitrogens with two attached hydrogens (primary N) is 1. The smallest absolute Gasteiger partial charge is 0.340 e.